The van der Waals surface area contributed by atoms with Crippen LogP contribution in [0.5, 0.6) is 0 Å². The third-order valence-corrected chi connectivity index (χ3v) is 3.67. The van der Waals surface area contributed by atoms with E-state index in [0.29, 0.717) is 12.0 Å². The SMILES string of the molecule is Cc1ccc(C(N)Cc2cccc(C(F)(F)F)c2)cc1C. The Labute approximate surface area is 122 Å². The molecule has 0 aromatic heterocycles. The van der Waals surface area contributed by atoms with Gasteiger partial charge in [0, 0.05) is 6.04 Å². The molecule has 21 heavy (non-hydrogen) atoms. The average molecular weight is 293 g/mol. The van der Waals surface area contributed by atoms with Crippen LogP contribution < -0.4 is 5.73 Å². The molecule has 0 aliphatic rings. The normalized spacial score (nSPS) is 13.2. The fourth-order valence-electron chi connectivity index (χ4n) is 2.24. The largest absolute Gasteiger partial charge is 0.416 e. The molecule has 0 amide bonds. The molecule has 0 aliphatic carbocycles. The van der Waals surface area contributed by atoms with Gasteiger partial charge in [0.15, 0.2) is 0 Å². The number of rotatable bonds is 3. The predicted molar refractivity (Wildman–Crippen MR) is 78.0 cm³/mol. The second-order valence-corrected chi connectivity index (χ2v) is 5.35. The number of benzene rings is 2. The van der Waals surface area contributed by atoms with Crippen LogP contribution in [0.25, 0.3) is 0 Å². The van der Waals surface area contributed by atoms with Crippen LogP contribution in [0.4, 0.5) is 13.2 Å². The first kappa shape index (κ1) is 15.6. The molecule has 0 radical (unpaired) electrons. The van der Waals surface area contributed by atoms with Gasteiger partial charge >= 0.3 is 6.18 Å². The van der Waals surface area contributed by atoms with E-state index in [1.54, 1.807) is 6.07 Å². The molecule has 0 fully saturated rings. The van der Waals surface area contributed by atoms with Crippen molar-refractivity contribution < 1.29 is 13.2 Å². The molecule has 0 saturated heterocycles. The van der Waals surface area contributed by atoms with Crippen LogP contribution in [-0.2, 0) is 12.6 Å². The molecule has 0 aliphatic heterocycles. The average Bonchev–Trinajstić information content (AvgIpc) is 2.41. The van der Waals surface area contributed by atoms with Gasteiger partial charge in [-0.25, -0.2) is 0 Å². The minimum absolute atomic E-state index is 0.312. The van der Waals surface area contributed by atoms with Crippen LogP contribution in [0.3, 0.4) is 0 Å². The first-order valence-corrected chi connectivity index (χ1v) is 6.76. The molecule has 4 heteroatoms. The van der Waals surface area contributed by atoms with Crippen molar-refractivity contribution in [2.75, 3.05) is 0 Å². The first-order chi connectivity index (χ1) is 9.77. The highest BCUT2D eigenvalue weighted by molar-refractivity contribution is 5.33. The fraction of sp³-hybridized carbons (Fsp3) is 0.294. The lowest BCUT2D eigenvalue weighted by Crippen LogP contribution is -2.14. The van der Waals surface area contributed by atoms with E-state index in [9.17, 15) is 13.2 Å². The van der Waals surface area contributed by atoms with E-state index in [-0.39, 0.29) is 6.04 Å². The summed E-state index contributed by atoms with van der Waals surface area (Å²) in [5.74, 6) is 0. The Morgan fingerprint density at radius 2 is 1.71 bits per heavy atom. The minimum atomic E-state index is -4.32. The molecule has 1 unspecified atom stereocenters. The maximum atomic E-state index is 12.7. The Kier molecular flexibility index (Phi) is 4.37. The summed E-state index contributed by atoms with van der Waals surface area (Å²) in [7, 11) is 0. The number of hydrogen-bond acceptors (Lipinski definition) is 1. The highest BCUT2D eigenvalue weighted by Crippen LogP contribution is 2.30. The highest BCUT2D eigenvalue weighted by Gasteiger charge is 2.30. The Morgan fingerprint density at radius 1 is 1.00 bits per heavy atom. The minimum Gasteiger partial charge on any atom is -0.324 e. The van der Waals surface area contributed by atoms with Crippen LogP contribution >= 0.6 is 0 Å². The van der Waals surface area contributed by atoms with Crippen molar-refractivity contribution in [2.24, 2.45) is 5.73 Å². The molecule has 2 N–H and O–H groups in total. The van der Waals surface area contributed by atoms with Gasteiger partial charge in [-0.15, -0.1) is 0 Å². The molecular weight excluding hydrogens is 275 g/mol. The lowest BCUT2D eigenvalue weighted by Gasteiger charge is -2.15. The molecule has 0 saturated carbocycles. The smallest absolute Gasteiger partial charge is 0.324 e. The van der Waals surface area contributed by atoms with Crippen LogP contribution in [0.1, 0.15) is 33.9 Å². The Bertz CT molecular complexity index is 632. The molecule has 0 spiro atoms. The summed E-state index contributed by atoms with van der Waals surface area (Å²) in [5, 5.41) is 0. The highest BCUT2D eigenvalue weighted by atomic mass is 19.4. The van der Waals surface area contributed by atoms with E-state index in [0.717, 1.165) is 17.2 Å². The molecule has 2 aromatic rings. The van der Waals surface area contributed by atoms with Gasteiger partial charge in [0.2, 0.25) is 0 Å². The summed E-state index contributed by atoms with van der Waals surface area (Å²) in [6, 6.07) is 10.9. The summed E-state index contributed by atoms with van der Waals surface area (Å²) in [6.45, 7) is 4.01. The maximum Gasteiger partial charge on any atom is 0.416 e. The summed E-state index contributed by atoms with van der Waals surface area (Å²) in [5.41, 5.74) is 9.33. The molecular formula is C17H18F3N. The summed E-state index contributed by atoms with van der Waals surface area (Å²) in [4.78, 5) is 0. The first-order valence-electron chi connectivity index (χ1n) is 6.76. The predicted octanol–water partition coefficient (Wildman–Crippen LogP) is 4.56. The van der Waals surface area contributed by atoms with Crippen molar-refractivity contribution in [3.05, 3.63) is 70.3 Å². The molecule has 2 aromatic carbocycles. The van der Waals surface area contributed by atoms with Crippen LogP contribution in [-0.4, -0.2) is 0 Å². The van der Waals surface area contributed by atoms with Gasteiger partial charge in [-0.05, 0) is 48.6 Å². The molecule has 1 nitrogen and oxygen atoms in total. The molecule has 112 valence electrons. The summed E-state index contributed by atoms with van der Waals surface area (Å²) >= 11 is 0. The zero-order chi connectivity index (χ0) is 15.6. The summed E-state index contributed by atoms with van der Waals surface area (Å²) in [6.07, 6.45) is -3.94. The topological polar surface area (TPSA) is 26.0 Å². The van der Waals surface area contributed by atoms with Crippen LogP contribution in [0.2, 0.25) is 0 Å². The lowest BCUT2D eigenvalue weighted by molar-refractivity contribution is -0.137. The molecule has 0 bridgehead atoms. The van der Waals surface area contributed by atoms with Gasteiger partial charge in [0.1, 0.15) is 0 Å². The van der Waals surface area contributed by atoms with E-state index in [2.05, 4.69) is 0 Å². The van der Waals surface area contributed by atoms with Gasteiger partial charge in [-0.3, -0.25) is 0 Å². The number of halogens is 3. The zero-order valence-corrected chi connectivity index (χ0v) is 12.0. The second kappa shape index (κ2) is 5.90. The fourth-order valence-corrected chi connectivity index (χ4v) is 2.24. The van der Waals surface area contributed by atoms with Gasteiger partial charge in [0.25, 0.3) is 0 Å². The van der Waals surface area contributed by atoms with Crippen LogP contribution in [0, 0.1) is 13.8 Å². The molecule has 0 heterocycles. The third-order valence-electron chi connectivity index (χ3n) is 3.67. The monoisotopic (exact) mass is 293 g/mol. The third kappa shape index (κ3) is 3.85. The van der Waals surface area contributed by atoms with Gasteiger partial charge in [0.05, 0.1) is 5.56 Å². The van der Waals surface area contributed by atoms with Crippen molar-refractivity contribution in [1.29, 1.82) is 0 Å². The van der Waals surface area contributed by atoms with E-state index in [4.69, 9.17) is 5.73 Å². The summed E-state index contributed by atoms with van der Waals surface area (Å²) < 4.78 is 38.1. The second-order valence-electron chi connectivity index (χ2n) is 5.35. The Hall–Kier alpha value is -1.81. The van der Waals surface area contributed by atoms with E-state index >= 15 is 0 Å². The van der Waals surface area contributed by atoms with Crippen molar-refractivity contribution in [3.63, 3.8) is 0 Å². The Morgan fingerprint density at radius 3 is 2.33 bits per heavy atom. The van der Waals surface area contributed by atoms with Crippen LogP contribution in [0.15, 0.2) is 42.5 Å². The standard InChI is InChI=1S/C17H18F3N/c1-11-6-7-14(8-12(11)2)16(21)10-13-4-3-5-15(9-13)17(18,19)20/h3-9,16H,10,21H2,1-2H3. The molecule has 2 rings (SSSR count). The zero-order valence-electron chi connectivity index (χ0n) is 12.0. The van der Waals surface area contributed by atoms with Gasteiger partial charge < -0.3 is 5.73 Å². The number of nitrogens with two attached hydrogens (primary N) is 1. The van der Waals surface area contributed by atoms with Crippen molar-refractivity contribution in [2.45, 2.75) is 32.5 Å². The lowest BCUT2D eigenvalue weighted by atomic mass is 9.96. The van der Waals surface area contributed by atoms with E-state index in [1.807, 2.05) is 32.0 Å². The Balaban J connectivity index is 2.19. The van der Waals surface area contributed by atoms with Crippen molar-refractivity contribution in [3.8, 4) is 0 Å². The quantitative estimate of drug-likeness (QED) is 0.881. The molecule has 1 atom stereocenters. The number of hydrogen-bond donors (Lipinski definition) is 1. The van der Waals surface area contributed by atoms with E-state index in [1.165, 1.54) is 17.7 Å². The maximum absolute atomic E-state index is 12.7. The number of aryl methyl sites for hydroxylation is 2. The van der Waals surface area contributed by atoms with Gasteiger partial charge in [-0.1, -0.05) is 36.4 Å². The van der Waals surface area contributed by atoms with E-state index < -0.39 is 11.7 Å². The van der Waals surface area contributed by atoms with Crippen molar-refractivity contribution >= 4 is 0 Å². The number of alkyl halides is 3. The van der Waals surface area contributed by atoms with Gasteiger partial charge in [-0.2, -0.15) is 13.2 Å². The van der Waals surface area contributed by atoms with Crippen molar-refractivity contribution in [1.82, 2.24) is 0 Å².